The van der Waals surface area contributed by atoms with Gasteiger partial charge in [0.2, 0.25) is 0 Å². The molecule has 1 aliphatic rings. The minimum absolute atomic E-state index is 0.0314. The molecule has 76 valence electrons. The van der Waals surface area contributed by atoms with E-state index in [0.717, 1.165) is 12.4 Å². The number of ether oxygens (including phenoxy) is 2. The van der Waals surface area contributed by atoms with Gasteiger partial charge in [0, 0.05) is 0 Å². The van der Waals surface area contributed by atoms with Crippen molar-refractivity contribution in [2.75, 3.05) is 6.61 Å². The van der Waals surface area contributed by atoms with Crippen LogP contribution in [0.1, 0.15) is 26.3 Å². The van der Waals surface area contributed by atoms with Gasteiger partial charge < -0.3 is 9.47 Å². The molecule has 1 unspecified atom stereocenters. The second-order valence-corrected chi connectivity index (χ2v) is 4.21. The van der Waals surface area contributed by atoms with E-state index in [9.17, 15) is 0 Å². The fourth-order valence-corrected chi connectivity index (χ4v) is 1.43. The summed E-state index contributed by atoms with van der Waals surface area (Å²) in [4.78, 5) is 0. The van der Waals surface area contributed by atoms with Crippen LogP contribution in [0, 0.1) is 0 Å². The Balaban J connectivity index is 2.10. The van der Waals surface area contributed by atoms with Crippen LogP contribution in [0.4, 0.5) is 0 Å². The molecule has 0 saturated carbocycles. The first-order chi connectivity index (χ1) is 6.60. The van der Waals surface area contributed by atoms with Gasteiger partial charge in [-0.2, -0.15) is 0 Å². The van der Waals surface area contributed by atoms with Crippen LogP contribution in [-0.4, -0.2) is 12.7 Å². The van der Waals surface area contributed by atoms with Crippen LogP contribution < -0.4 is 4.74 Å². The van der Waals surface area contributed by atoms with Crippen molar-refractivity contribution in [3.63, 3.8) is 0 Å². The molecular formula is C12H16O2. The molecule has 14 heavy (non-hydrogen) atoms. The SMILES string of the molecule is CC(C)Oc1ccc(C2(C)CO2)cc1. The molecule has 2 heteroatoms. The number of benzene rings is 1. The van der Waals surface area contributed by atoms with Gasteiger partial charge in [-0.3, -0.25) is 0 Å². The van der Waals surface area contributed by atoms with E-state index in [2.05, 4.69) is 19.1 Å². The van der Waals surface area contributed by atoms with Crippen LogP contribution in [0.2, 0.25) is 0 Å². The average molecular weight is 192 g/mol. The largest absolute Gasteiger partial charge is 0.491 e. The maximum absolute atomic E-state index is 5.56. The first-order valence-electron chi connectivity index (χ1n) is 5.01. The Kier molecular flexibility index (Phi) is 2.23. The molecule has 1 aromatic carbocycles. The highest BCUT2D eigenvalue weighted by Crippen LogP contribution is 2.38. The highest BCUT2D eigenvalue weighted by Gasteiger charge is 2.40. The van der Waals surface area contributed by atoms with Crippen molar-refractivity contribution in [2.24, 2.45) is 0 Å². The molecule has 1 aliphatic heterocycles. The molecule has 2 rings (SSSR count). The molecule has 1 atom stereocenters. The third-order valence-electron chi connectivity index (χ3n) is 2.41. The summed E-state index contributed by atoms with van der Waals surface area (Å²) in [5.74, 6) is 0.924. The molecule has 0 amide bonds. The summed E-state index contributed by atoms with van der Waals surface area (Å²) in [5, 5.41) is 0. The van der Waals surface area contributed by atoms with E-state index in [1.54, 1.807) is 0 Å². The van der Waals surface area contributed by atoms with Gasteiger partial charge in [0.15, 0.2) is 0 Å². The van der Waals surface area contributed by atoms with Crippen molar-refractivity contribution in [3.05, 3.63) is 29.8 Å². The van der Waals surface area contributed by atoms with Crippen molar-refractivity contribution in [1.29, 1.82) is 0 Å². The highest BCUT2D eigenvalue weighted by molar-refractivity contribution is 5.32. The Hall–Kier alpha value is -1.02. The van der Waals surface area contributed by atoms with Crippen LogP contribution in [0.3, 0.4) is 0 Å². The molecule has 0 N–H and O–H groups in total. The lowest BCUT2D eigenvalue weighted by molar-refractivity contribution is 0.242. The summed E-state index contributed by atoms with van der Waals surface area (Å²) < 4.78 is 10.9. The zero-order chi connectivity index (χ0) is 10.2. The van der Waals surface area contributed by atoms with E-state index in [4.69, 9.17) is 9.47 Å². The molecule has 1 heterocycles. The van der Waals surface area contributed by atoms with E-state index >= 15 is 0 Å². The second-order valence-electron chi connectivity index (χ2n) is 4.21. The van der Waals surface area contributed by atoms with Crippen molar-refractivity contribution in [3.8, 4) is 5.75 Å². The lowest BCUT2D eigenvalue weighted by atomic mass is 10.0. The van der Waals surface area contributed by atoms with Gasteiger partial charge in [-0.15, -0.1) is 0 Å². The van der Waals surface area contributed by atoms with Crippen LogP contribution in [0.15, 0.2) is 24.3 Å². The molecular weight excluding hydrogens is 176 g/mol. The van der Waals surface area contributed by atoms with Gasteiger partial charge in [0.05, 0.1) is 12.7 Å². The third-order valence-corrected chi connectivity index (χ3v) is 2.41. The quantitative estimate of drug-likeness (QED) is 0.687. The summed E-state index contributed by atoms with van der Waals surface area (Å²) in [7, 11) is 0. The first kappa shape index (κ1) is 9.53. The number of rotatable bonds is 3. The molecule has 1 fully saturated rings. The maximum atomic E-state index is 5.56. The summed E-state index contributed by atoms with van der Waals surface area (Å²) in [5.41, 5.74) is 1.20. The van der Waals surface area contributed by atoms with Gasteiger partial charge in [-0.05, 0) is 38.5 Å². The minimum atomic E-state index is -0.0314. The van der Waals surface area contributed by atoms with Crippen LogP contribution >= 0.6 is 0 Å². The lowest BCUT2D eigenvalue weighted by Crippen LogP contribution is -2.06. The van der Waals surface area contributed by atoms with E-state index in [-0.39, 0.29) is 11.7 Å². The van der Waals surface area contributed by atoms with Crippen molar-refractivity contribution in [2.45, 2.75) is 32.5 Å². The average Bonchev–Trinajstić information content (AvgIpc) is 2.85. The Labute approximate surface area is 84.8 Å². The molecule has 0 aromatic heterocycles. The monoisotopic (exact) mass is 192 g/mol. The normalized spacial score (nSPS) is 25.1. The minimum Gasteiger partial charge on any atom is -0.491 e. The van der Waals surface area contributed by atoms with Crippen LogP contribution in [0.5, 0.6) is 5.75 Å². The van der Waals surface area contributed by atoms with Crippen LogP contribution in [0.25, 0.3) is 0 Å². The summed E-state index contributed by atoms with van der Waals surface area (Å²) in [6.45, 7) is 6.99. The topological polar surface area (TPSA) is 21.8 Å². The Morgan fingerprint density at radius 3 is 2.29 bits per heavy atom. The predicted octanol–water partition coefficient (Wildman–Crippen LogP) is 2.72. The number of hydrogen-bond donors (Lipinski definition) is 0. The lowest BCUT2D eigenvalue weighted by Gasteiger charge is -2.11. The van der Waals surface area contributed by atoms with E-state index in [0.29, 0.717) is 0 Å². The highest BCUT2D eigenvalue weighted by atomic mass is 16.6. The van der Waals surface area contributed by atoms with Crippen LogP contribution in [-0.2, 0) is 10.3 Å². The van der Waals surface area contributed by atoms with E-state index in [1.165, 1.54) is 5.56 Å². The molecule has 0 aliphatic carbocycles. The third kappa shape index (κ3) is 1.90. The van der Waals surface area contributed by atoms with Gasteiger partial charge in [0.1, 0.15) is 11.4 Å². The summed E-state index contributed by atoms with van der Waals surface area (Å²) in [6, 6.07) is 8.15. The molecule has 2 nitrogen and oxygen atoms in total. The van der Waals surface area contributed by atoms with Crippen molar-refractivity contribution >= 4 is 0 Å². The summed E-state index contributed by atoms with van der Waals surface area (Å²) >= 11 is 0. The van der Waals surface area contributed by atoms with Crippen molar-refractivity contribution in [1.82, 2.24) is 0 Å². The predicted molar refractivity (Wildman–Crippen MR) is 55.5 cm³/mol. The standard InChI is InChI=1S/C12H16O2/c1-9(2)14-11-6-4-10(5-7-11)12(3)8-13-12/h4-7,9H,8H2,1-3H3. The Morgan fingerprint density at radius 1 is 1.29 bits per heavy atom. The van der Waals surface area contributed by atoms with Gasteiger partial charge in [0.25, 0.3) is 0 Å². The zero-order valence-corrected chi connectivity index (χ0v) is 8.91. The molecule has 1 saturated heterocycles. The number of hydrogen-bond acceptors (Lipinski definition) is 2. The van der Waals surface area contributed by atoms with E-state index < -0.39 is 0 Å². The second kappa shape index (κ2) is 3.28. The Bertz CT molecular complexity index is 310. The maximum Gasteiger partial charge on any atom is 0.119 e. The fraction of sp³-hybridized carbons (Fsp3) is 0.500. The molecule has 0 spiro atoms. The van der Waals surface area contributed by atoms with Crippen molar-refractivity contribution < 1.29 is 9.47 Å². The van der Waals surface area contributed by atoms with Gasteiger partial charge in [-0.1, -0.05) is 12.1 Å². The molecule has 0 radical (unpaired) electrons. The van der Waals surface area contributed by atoms with Gasteiger partial charge in [-0.25, -0.2) is 0 Å². The zero-order valence-electron chi connectivity index (χ0n) is 8.91. The summed E-state index contributed by atoms with van der Waals surface area (Å²) in [6.07, 6.45) is 0.230. The molecule has 0 bridgehead atoms. The fourth-order valence-electron chi connectivity index (χ4n) is 1.43. The Morgan fingerprint density at radius 2 is 1.86 bits per heavy atom. The number of epoxide rings is 1. The molecule has 1 aromatic rings. The smallest absolute Gasteiger partial charge is 0.119 e. The van der Waals surface area contributed by atoms with Gasteiger partial charge >= 0.3 is 0 Å². The van der Waals surface area contributed by atoms with E-state index in [1.807, 2.05) is 26.0 Å². The first-order valence-corrected chi connectivity index (χ1v) is 5.01.